The van der Waals surface area contributed by atoms with E-state index in [0.717, 1.165) is 45.5 Å². The van der Waals surface area contributed by atoms with Crippen molar-refractivity contribution in [1.29, 1.82) is 0 Å². The molecule has 0 unspecified atom stereocenters. The van der Waals surface area contributed by atoms with Gasteiger partial charge in [-0.15, -0.1) is 0 Å². The number of benzene rings is 5. The predicted octanol–water partition coefficient (Wildman–Crippen LogP) is 9.03. The van der Waals surface area contributed by atoms with Crippen LogP contribution in [0.3, 0.4) is 0 Å². The van der Waals surface area contributed by atoms with Gasteiger partial charge < -0.3 is 28.4 Å². The lowest BCUT2D eigenvalue weighted by Gasteiger charge is -2.10. The molecule has 0 aliphatic rings. The Bertz CT molecular complexity index is 1810. The number of methoxy groups -OCH3 is 1. The van der Waals surface area contributed by atoms with Crippen LogP contribution in [0.15, 0.2) is 121 Å². The van der Waals surface area contributed by atoms with Crippen LogP contribution in [-0.4, -0.2) is 79.0 Å². The smallest absolute Gasteiger partial charge is 0.416 e. The molecular weight excluding hydrogens is 685 g/mol. The van der Waals surface area contributed by atoms with Gasteiger partial charge in [0.1, 0.15) is 12.4 Å². The molecule has 10 heteroatoms. The maximum Gasteiger partial charge on any atom is 0.416 e. The summed E-state index contributed by atoms with van der Waals surface area (Å²) in [6.07, 6.45) is -4.36. The molecule has 0 atom stereocenters. The lowest BCUT2D eigenvalue weighted by atomic mass is 9.96. The molecule has 0 saturated carbocycles. The zero-order valence-electron chi connectivity index (χ0n) is 29.6. The van der Waals surface area contributed by atoms with E-state index in [9.17, 15) is 18.0 Å². The van der Waals surface area contributed by atoms with E-state index >= 15 is 0 Å². The van der Waals surface area contributed by atoms with Gasteiger partial charge in [0.15, 0.2) is 5.78 Å². The van der Waals surface area contributed by atoms with Gasteiger partial charge in [0.2, 0.25) is 0 Å². The Morgan fingerprint density at radius 3 is 1.09 bits per heavy atom. The Balaban J connectivity index is 1.01. The van der Waals surface area contributed by atoms with E-state index in [0.29, 0.717) is 82.9 Å². The molecule has 5 aromatic carbocycles. The van der Waals surface area contributed by atoms with E-state index in [1.165, 1.54) is 12.1 Å². The van der Waals surface area contributed by atoms with Crippen LogP contribution in [-0.2, 0) is 29.9 Å². The number of ketones is 1. The monoisotopic (exact) mass is 728 g/mol. The third kappa shape index (κ3) is 12.4. The summed E-state index contributed by atoms with van der Waals surface area (Å²) in [6, 6.07) is 35.5. The number of carbonyl (C=O) groups is 1. The van der Waals surface area contributed by atoms with Crippen molar-refractivity contribution in [3.8, 4) is 39.1 Å². The minimum absolute atomic E-state index is 0.0812. The second kappa shape index (κ2) is 20.4. The Hall–Kier alpha value is -4.84. The zero-order chi connectivity index (χ0) is 37.3. The van der Waals surface area contributed by atoms with Gasteiger partial charge in [-0.3, -0.25) is 4.79 Å². The van der Waals surface area contributed by atoms with E-state index in [1.54, 1.807) is 31.4 Å². The summed E-state index contributed by atoms with van der Waals surface area (Å²) in [5, 5.41) is 0. The molecule has 0 spiro atoms. The van der Waals surface area contributed by atoms with E-state index in [2.05, 4.69) is 0 Å². The lowest BCUT2D eigenvalue weighted by Crippen LogP contribution is -2.14. The van der Waals surface area contributed by atoms with Gasteiger partial charge in [-0.25, -0.2) is 0 Å². The van der Waals surface area contributed by atoms with Crippen LogP contribution < -0.4 is 4.74 Å². The van der Waals surface area contributed by atoms with Crippen LogP contribution >= 0.6 is 0 Å². The first-order valence-electron chi connectivity index (χ1n) is 17.4. The van der Waals surface area contributed by atoms with Crippen molar-refractivity contribution in [3.63, 3.8) is 0 Å². The SMILES string of the molecule is COCCOCCOCCOCCOCCOc1ccc(C(=O)c2ccc(-c3ccc(-c4ccc(-c5ccc(C(F)(F)F)cc5)cc4)cc3)cc2)cc1. The van der Waals surface area contributed by atoms with Gasteiger partial charge in [0, 0.05) is 18.2 Å². The van der Waals surface area contributed by atoms with Crippen LogP contribution in [0.5, 0.6) is 5.75 Å². The van der Waals surface area contributed by atoms with Crippen molar-refractivity contribution in [2.24, 2.45) is 0 Å². The van der Waals surface area contributed by atoms with E-state index in [1.807, 2.05) is 72.8 Å². The molecule has 0 radical (unpaired) electrons. The molecule has 0 aliphatic heterocycles. The Morgan fingerprint density at radius 1 is 0.434 bits per heavy atom. The maximum absolute atomic E-state index is 13.1. The lowest BCUT2D eigenvalue weighted by molar-refractivity contribution is -0.137. The zero-order valence-corrected chi connectivity index (χ0v) is 29.6. The standard InChI is InChI=1S/C43H43F3O7/c1-48-22-23-49-24-25-50-26-27-51-28-29-52-30-31-53-41-20-16-39(17-21-41)42(47)38-12-10-36(11-13-38)34-4-2-32(3-5-34)33-6-8-35(9-7-33)37-14-18-40(19-15-37)43(44,45)46/h2-21H,22-31H2,1H3. The molecule has 53 heavy (non-hydrogen) atoms. The second-order valence-electron chi connectivity index (χ2n) is 12.0. The normalized spacial score (nSPS) is 11.5. The minimum Gasteiger partial charge on any atom is -0.491 e. The average molecular weight is 729 g/mol. The number of rotatable bonds is 21. The van der Waals surface area contributed by atoms with Gasteiger partial charge in [-0.05, 0) is 69.8 Å². The summed E-state index contributed by atoms with van der Waals surface area (Å²) in [6.45, 7) is 4.87. The van der Waals surface area contributed by atoms with Gasteiger partial charge in [-0.2, -0.15) is 13.2 Å². The fourth-order valence-corrected chi connectivity index (χ4v) is 5.37. The summed E-state index contributed by atoms with van der Waals surface area (Å²) in [7, 11) is 1.63. The molecule has 5 rings (SSSR count). The molecule has 0 heterocycles. The van der Waals surface area contributed by atoms with Gasteiger partial charge >= 0.3 is 6.18 Å². The molecule has 0 aliphatic carbocycles. The summed E-state index contributed by atoms with van der Waals surface area (Å²) in [5.74, 6) is 0.570. The first kappa shape index (κ1) is 39.4. The number of ether oxygens (including phenoxy) is 6. The second-order valence-corrected chi connectivity index (χ2v) is 12.0. The number of halogens is 3. The van der Waals surface area contributed by atoms with E-state index in [-0.39, 0.29) is 5.78 Å². The van der Waals surface area contributed by atoms with Gasteiger partial charge in [-0.1, -0.05) is 84.9 Å². The average Bonchev–Trinajstić information content (AvgIpc) is 3.19. The van der Waals surface area contributed by atoms with Crippen molar-refractivity contribution >= 4 is 5.78 Å². The van der Waals surface area contributed by atoms with Crippen molar-refractivity contribution in [3.05, 3.63) is 138 Å². The highest BCUT2D eigenvalue weighted by molar-refractivity contribution is 6.09. The highest BCUT2D eigenvalue weighted by atomic mass is 19.4. The van der Waals surface area contributed by atoms with Crippen molar-refractivity contribution in [2.45, 2.75) is 6.18 Å². The molecule has 0 fully saturated rings. The highest BCUT2D eigenvalue weighted by Gasteiger charge is 2.30. The molecular formula is C43H43F3O7. The summed E-state index contributed by atoms with van der Waals surface area (Å²) in [4.78, 5) is 13.1. The van der Waals surface area contributed by atoms with Crippen molar-refractivity contribution in [2.75, 3.05) is 73.2 Å². The van der Waals surface area contributed by atoms with Gasteiger partial charge in [0.05, 0.1) is 65.0 Å². The van der Waals surface area contributed by atoms with Gasteiger partial charge in [0.25, 0.3) is 0 Å². The molecule has 0 aromatic heterocycles. The third-order valence-electron chi connectivity index (χ3n) is 8.29. The summed E-state index contributed by atoms with van der Waals surface area (Å²) in [5.41, 5.74) is 6.04. The van der Waals surface area contributed by atoms with Crippen LogP contribution in [0.4, 0.5) is 13.2 Å². The number of carbonyl (C=O) groups excluding carboxylic acids is 1. The first-order chi connectivity index (χ1) is 25.8. The molecule has 5 aromatic rings. The van der Waals surface area contributed by atoms with Crippen molar-refractivity contribution < 1.29 is 46.4 Å². The number of hydrogen-bond acceptors (Lipinski definition) is 7. The summed E-state index contributed by atoms with van der Waals surface area (Å²) >= 11 is 0. The molecule has 0 amide bonds. The van der Waals surface area contributed by atoms with Crippen molar-refractivity contribution in [1.82, 2.24) is 0 Å². The van der Waals surface area contributed by atoms with Crippen LogP contribution in [0.1, 0.15) is 21.5 Å². The molecule has 7 nitrogen and oxygen atoms in total. The summed E-state index contributed by atoms with van der Waals surface area (Å²) < 4.78 is 71.1. The largest absolute Gasteiger partial charge is 0.491 e. The Morgan fingerprint density at radius 2 is 0.736 bits per heavy atom. The number of alkyl halides is 3. The van der Waals surface area contributed by atoms with Crippen LogP contribution in [0.2, 0.25) is 0 Å². The van der Waals surface area contributed by atoms with Crippen LogP contribution in [0, 0.1) is 0 Å². The Kier molecular flexibility index (Phi) is 15.2. The fourth-order valence-electron chi connectivity index (χ4n) is 5.37. The topological polar surface area (TPSA) is 72.5 Å². The number of hydrogen-bond donors (Lipinski definition) is 0. The molecule has 278 valence electrons. The quantitative estimate of drug-likeness (QED) is 0.0552. The van der Waals surface area contributed by atoms with E-state index in [4.69, 9.17) is 28.4 Å². The predicted molar refractivity (Wildman–Crippen MR) is 198 cm³/mol. The van der Waals surface area contributed by atoms with E-state index < -0.39 is 11.7 Å². The molecule has 0 bridgehead atoms. The highest BCUT2D eigenvalue weighted by Crippen LogP contribution is 2.32. The molecule has 0 N–H and O–H groups in total. The molecule has 0 saturated heterocycles. The third-order valence-corrected chi connectivity index (χ3v) is 8.29. The van der Waals surface area contributed by atoms with Crippen LogP contribution in [0.25, 0.3) is 33.4 Å². The minimum atomic E-state index is -4.36. The fraction of sp³-hybridized carbons (Fsp3) is 0.279. The first-order valence-corrected chi connectivity index (χ1v) is 17.4. The Labute approximate surface area is 308 Å². The maximum atomic E-state index is 13.1.